The molecule has 1 aliphatic rings. The molecule has 4 aromatic rings. The fourth-order valence-electron chi connectivity index (χ4n) is 3.91. The van der Waals surface area contributed by atoms with Gasteiger partial charge >= 0.3 is 0 Å². The number of hydrogen-bond acceptors (Lipinski definition) is 8. The van der Waals surface area contributed by atoms with Gasteiger partial charge in [0.25, 0.3) is 5.91 Å². The Morgan fingerprint density at radius 3 is 3.06 bits per heavy atom. The number of thiazole rings is 1. The Bertz CT molecular complexity index is 1310. The molecule has 4 heterocycles. The molecule has 8 nitrogen and oxygen atoms in total. The van der Waals surface area contributed by atoms with E-state index in [0.29, 0.717) is 52.9 Å². The maximum absolute atomic E-state index is 13.5. The SMILES string of the molecule is CC(Nc1ncnc2scnc12)c1cc2cccc(Cl)c2c(C(=O)N2CCOCC2C)n1. The van der Waals surface area contributed by atoms with Crippen molar-refractivity contribution in [2.75, 3.05) is 25.1 Å². The van der Waals surface area contributed by atoms with Gasteiger partial charge in [0.2, 0.25) is 0 Å². The number of rotatable bonds is 4. The largest absolute Gasteiger partial charge is 0.377 e. The van der Waals surface area contributed by atoms with Crippen molar-refractivity contribution < 1.29 is 9.53 Å². The molecule has 1 N–H and O–H groups in total. The van der Waals surface area contributed by atoms with Crippen molar-refractivity contribution >= 4 is 55.8 Å². The first-order valence-electron chi connectivity index (χ1n) is 10.3. The van der Waals surface area contributed by atoms with Crippen LogP contribution in [0.25, 0.3) is 21.1 Å². The molecule has 1 aliphatic heterocycles. The van der Waals surface area contributed by atoms with E-state index in [1.807, 2.05) is 32.0 Å². The van der Waals surface area contributed by atoms with E-state index >= 15 is 0 Å². The van der Waals surface area contributed by atoms with Crippen molar-refractivity contribution in [2.45, 2.75) is 25.9 Å². The Morgan fingerprint density at radius 1 is 1.34 bits per heavy atom. The minimum atomic E-state index is -0.230. The number of nitrogens with zero attached hydrogens (tertiary/aromatic N) is 5. The van der Waals surface area contributed by atoms with Gasteiger partial charge in [0.1, 0.15) is 22.4 Å². The van der Waals surface area contributed by atoms with E-state index < -0.39 is 0 Å². The van der Waals surface area contributed by atoms with Crippen LogP contribution in [0, 0.1) is 0 Å². The van der Waals surface area contributed by atoms with Crippen molar-refractivity contribution in [1.82, 2.24) is 24.8 Å². The van der Waals surface area contributed by atoms with Gasteiger partial charge in [0.05, 0.1) is 41.5 Å². The van der Waals surface area contributed by atoms with E-state index in [9.17, 15) is 4.79 Å². The molecule has 32 heavy (non-hydrogen) atoms. The molecule has 0 spiro atoms. The second-order valence-electron chi connectivity index (χ2n) is 7.75. The number of fused-ring (bicyclic) bond motifs is 2. The van der Waals surface area contributed by atoms with Crippen molar-refractivity contribution in [2.24, 2.45) is 0 Å². The molecule has 10 heteroatoms. The Kier molecular flexibility index (Phi) is 5.62. The summed E-state index contributed by atoms with van der Waals surface area (Å²) < 4.78 is 5.50. The third kappa shape index (κ3) is 3.76. The molecule has 1 amide bonds. The number of hydrogen-bond donors (Lipinski definition) is 1. The second kappa shape index (κ2) is 8.57. The van der Waals surface area contributed by atoms with E-state index in [-0.39, 0.29) is 18.0 Å². The molecule has 1 aromatic carbocycles. The first kappa shape index (κ1) is 21.0. The molecule has 164 valence electrons. The van der Waals surface area contributed by atoms with Crippen molar-refractivity contribution in [3.8, 4) is 0 Å². The lowest BCUT2D eigenvalue weighted by molar-refractivity contribution is 0.00338. The highest BCUT2D eigenvalue weighted by Crippen LogP contribution is 2.31. The topological polar surface area (TPSA) is 93.1 Å². The average Bonchev–Trinajstić information content (AvgIpc) is 3.28. The van der Waals surface area contributed by atoms with Gasteiger partial charge < -0.3 is 15.0 Å². The van der Waals surface area contributed by atoms with E-state index in [0.717, 1.165) is 10.2 Å². The lowest BCUT2D eigenvalue weighted by Crippen LogP contribution is -2.47. The normalized spacial score (nSPS) is 17.6. The Morgan fingerprint density at radius 2 is 2.22 bits per heavy atom. The summed E-state index contributed by atoms with van der Waals surface area (Å²) in [7, 11) is 0. The van der Waals surface area contributed by atoms with Crippen LogP contribution in [0.5, 0.6) is 0 Å². The van der Waals surface area contributed by atoms with Gasteiger partial charge in [0, 0.05) is 11.9 Å². The Balaban J connectivity index is 1.56. The third-order valence-corrected chi connectivity index (χ3v) is 6.64. The minimum absolute atomic E-state index is 0.0336. The van der Waals surface area contributed by atoms with Crippen LogP contribution in [-0.4, -0.2) is 56.5 Å². The van der Waals surface area contributed by atoms with Crippen LogP contribution >= 0.6 is 22.9 Å². The monoisotopic (exact) mass is 468 g/mol. The first-order chi connectivity index (χ1) is 15.5. The summed E-state index contributed by atoms with van der Waals surface area (Å²) in [6.45, 7) is 5.49. The molecule has 2 atom stereocenters. The van der Waals surface area contributed by atoms with Crippen LogP contribution in [0.15, 0.2) is 36.1 Å². The lowest BCUT2D eigenvalue weighted by Gasteiger charge is -2.33. The van der Waals surface area contributed by atoms with Gasteiger partial charge in [0.15, 0.2) is 5.82 Å². The van der Waals surface area contributed by atoms with Crippen LogP contribution in [0.2, 0.25) is 5.02 Å². The summed E-state index contributed by atoms with van der Waals surface area (Å²) in [4.78, 5) is 33.9. The Labute approximate surface area is 193 Å². The number of carbonyl (C=O) groups is 1. The number of benzene rings is 1. The van der Waals surface area contributed by atoms with Crippen LogP contribution in [-0.2, 0) is 4.74 Å². The standard InChI is InChI=1S/C22H21ClN6O2S/c1-12-9-31-7-6-29(12)22(30)18-17-14(4-3-5-15(17)23)8-16(28-18)13(2)27-20-19-21(25-10-24-20)32-11-26-19/h3-5,8,10-13H,6-7,9H2,1-2H3,(H,24,25,27). The van der Waals surface area contributed by atoms with Gasteiger partial charge in [-0.15, -0.1) is 11.3 Å². The summed E-state index contributed by atoms with van der Waals surface area (Å²) in [6.07, 6.45) is 1.51. The number of ether oxygens (including phenoxy) is 1. The molecule has 0 saturated carbocycles. The molecule has 0 bridgehead atoms. The summed E-state index contributed by atoms with van der Waals surface area (Å²) in [6, 6.07) is 7.30. The molecule has 2 unspecified atom stereocenters. The predicted octanol–water partition coefficient (Wildman–Crippen LogP) is 4.32. The number of nitrogens with one attached hydrogen (secondary N) is 1. The van der Waals surface area contributed by atoms with Gasteiger partial charge in [-0.2, -0.15) is 0 Å². The number of anilines is 1. The highest BCUT2D eigenvalue weighted by Gasteiger charge is 2.28. The summed E-state index contributed by atoms with van der Waals surface area (Å²) in [5.41, 5.74) is 3.52. The highest BCUT2D eigenvalue weighted by atomic mass is 35.5. The zero-order valence-electron chi connectivity index (χ0n) is 17.6. The molecular weight excluding hydrogens is 448 g/mol. The lowest BCUT2D eigenvalue weighted by atomic mass is 10.0. The summed E-state index contributed by atoms with van der Waals surface area (Å²) in [5, 5.41) is 5.41. The number of pyridine rings is 1. The second-order valence-corrected chi connectivity index (χ2v) is 8.99. The van der Waals surface area contributed by atoms with E-state index in [2.05, 4.69) is 20.3 Å². The molecular formula is C22H21ClN6O2S. The molecule has 1 fully saturated rings. The zero-order chi connectivity index (χ0) is 22.2. The van der Waals surface area contributed by atoms with Gasteiger partial charge in [-0.25, -0.2) is 19.9 Å². The average molecular weight is 469 g/mol. The van der Waals surface area contributed by atoms with Crippen LogP contribution in [0.1, 0.15) is 36.1 Å². The number of halogens is 1. The van der Waals surface area contributed by atoms with Crippen LogP contribution < -0.4 is 5.32 Å². The molecule has 5 rings (SSSR count). The van der Waals surface area contributed by atoms with E-state index in [4.69, 9.17) is 21.3 Å². The van der Waals surface area contributed by atoms with Gasteiger partial charge in [-0.1, -0.05) is 23.7 Å². The fourth-order valence-corrected chi connectivity index (χ4v) is 4.81. The third-order valence-electron chi connectivity index (χ3n) is 5.59. The molecule has 0 aliphatic carbocycles. The van der Waals surface area contributed by atoms with Crippen molar-refractivity contribution in [3.63, 3.8) is 0 Å². The predicted molar refractivity (Wildman–Crippen MR) is 125 cm³/mol. The first-order valence-corrected chi connectivity index (χ1v) is 11.6. The zero-order valence-corrected chi connectivity index (χ0v) is 19.2. The molecule has 3 aromatic heterocycles. The maximum Gasteiger partial charge on any atom is 0.273 e. The van der Waals surface area contributed by atoms with Crippen molar-refractivity contribution in [3.05, 3.63) is 52.5 Å². The molecule has 1 saturated heterocycles. The summed E-state index contributed by atoms with van der Waals surface area (Å²) in [5.74, 6) is 0.489. The summed E-state index contributed by atoms with van der Waals surface area (Å²) >= 11 is 7.98. The quantitative estimate of drug-likeness (QED) is 0.476. The van der Waals surface area contributed by atoms with Crippen molar-refractivity contribution in [1.29, 1.82) is 0 Å². The van der Waals surface area contributed by atoms with Gasteiger partial charge in [-0.3, -0.25) is 4.79 Å². The highest BCUT2D eigenvalue weighted by molar-refractivity contribution is 7.16. The Hall–Kier alpha value is -2.88. The smallest absolute Gasteiger partial charge is 0.273 e. The number of carbonyl (C=O) groups excluding carboxylic acids is 1. The number of aromatic nitrogens is 4. The number of amides is 1. The van der Waals surface area contributed by atoms with E-state index in [1.165, 1.54) is 17.7 Å². The minimum Gasteiger partial charge on any atom is -0.377 e. The maximum atomic E-state index is 13.5. The fraction of sp³-hybridized carbons (Fsp3) is 0.318. The van der Waals surface area contributed by atoms with Crippen LogP contribution in [0.4, 0.5) is 5.82 Å². The van der Waals surface area contributed by atoms with Gasteiger partial charge in [-0.05, 0) is 31.4 Å². The van der Waals surface area contributed by atoms with E-state index in [1.54, 1.807) is 16.5 Å². The number of morpholine rings is 1. The van der Waals surface area contributed by atoms with Crippen LogP contribution in [0.3, 0.4) is 0 Å². The molecule has 0 radical (unpaired) electrons.